The van der Waals surface area contributed by atoms with E-state index in [4.69, 9.17) is 9.47 Å². The number of hydrogen-bond acceptors (Lipinski definition) is 7. The van der Waals surface area contributed by atoms with Crippen molar-refractivity contribution in [3.05, 3.63) is 34.0 Å². The van der Waals surface area contributed by atoms with Crippen molar-refractivity contribution in [2.24, 2.45) is 0 Å². The molecule has 0 amide bonds. The Bertz CT molecular complexity index is 892. The van der Waals surface area contributed by atoms with Gasteiger partial charge in [-0.05, 0) is 22.9 Å². The summed E-state index contributed by atoms with van der Waals surface area (Å²) < 4.78 is 11.7. The highest BCUT2D eigenvalue weighted by Crippen LogP contribution is 2.56. The van der Waals surface area contributed by atoms with Crippen molar-refractivity contribution in [2.45, 2.75) is 0 Å². The van der Waals surface area contributed by atoms with E-state index >= 15 is 0 Å². The Morgan fingerprint density at radius 1 is 0.783 bits per heavy atom. The van der Waals surface area contributed by atoms with Gasteiger partial charge in [-0.1, -0.05) is 0 Å². The zero-order valence-corrected chi connectivity index (χ0v) is 14.1. The SMILES string of the molecule is N#Cc1ccsc1-c1sc(-c2sccc2C#N)c2c1OCCO2. The van der Waals surface area contributed by atoms with Gasteiger partial charge in [-0.15, -0.1) is 34.0 Å². The molecule has 0 fully saturated rings. The van der Waals surface area contributed by atoms with E-state index in [9.17, 15) is 10.5 Å². The van der Waals surface area contributed by atoms with Gasteiger partial charge < -0.3 is 9.47 Å². The second kappa shape index (κ2) is 5.71. The van der Waals surface area contributed by atoms with Gasteiger partial charge in [0.1, 0.15) is 25.4 Å². The quantitative estimate of drug-likeness (QED) is 0.666. The van der Waals surface area contributed by atoms with Crippen LogP contribution in [0.5, 0.6) is 11.5 Å². The molecule has 0 atom stereocenters. The number of ether oxygens (including phenoxy) is 2. The molecule has 0 aliphatic carbocycles. The van der Waals surface area contributed by atoms with Gasteiger partial charge in [-0.25, -0.2) is 0 Å². The smallest absolute Gasteiger partial charge is 0.181 e. The van der Waals surface area contributed by atoms with Crippen LogP contribution in [-0.4, -0.2) is 13.2 Å². The summed E-state index contributed by atoms with van der Waals surface area (Å²) in [6.45, 7) is 0.970. The molecule has 1 aliphatic heterocycles. The maximum Gasteiger partial charge on any atom is 0.181 e. The Labute approximate surface area is 144 Å². The van der Waals surface area contributed by atoms with Gasteiger partial charge in [0.25, 0.3) is 0 Å². The molecule has 4 heterocycles. The van der Waals surface area contributed by atoms with Crippen molar-refractivity contribution in [1.29, 1.82) is 10.5 Å². The van der Waals surface area contributed by atoms with E-state index in [1.807, 2.05) is 10.8 Å². The average molecular weight is 356 g/mol. The highest BCUT2D eigenvalue weighted by atomic mass is 32.1. The van der Waals surface area contributed by atoms with Crippen molar-refractivity contribution >= 4 is 34.0 Å². The Morgan fingerprint density at radius 2 is 1.26 bits per heavy atom. The summed E-state index contributed by atoms with van der Waals surface area (Å²) in [6.07, 6.45) is 0. The fourth-order valence-corrected chi connectivity index (χ4v) is 5.59. The summed E-state index contributed by atoms with van der Waals surface area (Å²) >= 11 is 4.54. The fourth-order valence-electron chi connectivity index (χ4n) is 2.40. The van der Waals surface area contributed by atoms with Gasteiger partial charge in [0, 0.05) is 0 Å². The molecule has 1 aliphatic rings. The third kappa shape index (κ3) is 2.22. The van der Waals surface area contributed by atoms with E-state index < -0.39 is 0 Å². The van der Waals surface area contributed by atoms with Crippen LogP contribution in [-0.2, 0) is 0 Å². The first-order valence-corrected chi connectivity index (χ1v) is 9.29. The van der Waals surface area contributed by atoms with Crippen LogP contribution in [0.25, 0.3) is 19.5 Å². The molecule has 0 spiro atoms. The second-order valence-corrected chi connectivity index (χ2v) is 7.52. The maximum atomic E-state index is 9.29. The lowest BCUT2D eigenvalue weighted by molar-refractivity contribution is 0.175. The van der Waals surface area contributed by atoms with Gasteiger partial charge in [0.05, 0.1) is 30.6 Å². The maximum absolute atomic E-state index is 9.29. The van der Waals surface area contributed by atoms with E-state index in [-0.39, 0.29) is 0 Å². The molecule has 4 nitrogen and oxygen atoms in total. The van der Waals surface area contributed by atoms with Crippen LogP contribution in [0.15, 0.2) is 22.9 Å². The number of nitriles is 2. The van der Waals surface area contributed by atoms with Gasteiger partial charge in [-0.2, -0.15) is 10.5 Å². The van der Waals surface area contributed by atoms with Crippen LogP contribution < -0.4 is 9.47 Å². The summed E-state index contributed by atoms with van der Waals surface area (Å²) in [5.41, 5.74) is 1.26. The Hall–Kier alpha value is -2.32. The van der Waals surface area contributed by atoms with Crippen molar-refractivity contribution in [2.75, 3.05) is 13.2 Å². The molecule has 112 valence electrons. The van der Waals surface area contributed by atoms with Crippen LogP contribution in [0.4, 0.5) is 0 Å². The molecule has 0 N–H and O–H groups in total. The molecule has 4 rings (SSSR count). The summed E-state index contributed by atoms with van der Waals surface area (Å²) in [4.78, 5) is 3.58. The lowest BCUT2D eigenvalue weighted by atomic mass is 10.2. The van der Waals surface area contributed by atoms with Gasteiger partial charge >= 0.3 is 0 Å². The van der Waals surface area contributed by atoms with E-state index in [1.54, 1.807) is 12.1 Å². The molecule has 0 unspecified atom stereocenters. The Balaban J connectivity index is 1.96. The van der Waals surface area contributed by atoms with E-state index in [0.29, 0.717) is 35.8 Å². The molecule has 0 aromatic carbocycles. The standard InChI is InChI=1S/C16H8N2O2S3/c17-7-9-1-5-21-13(9)15-11-12(20-4-3-19-11)16(23-15)14-10(8-18)2-6-22-14/h1-2,5-6H,3-4H2. The summed E-state index contributed by atoms with van der Waals surface area (Å²) in [6, 6.07) is 8.05. The first-order valence-electron chi connectivity index (χ1n) is 6.71. The molecular formula is C16H8N2O2S3. The van der Waals surface area contributed by atoms with Crippen LogP contribution in [0.2, 0.25) is 0 Å². The van der Waals surface area contributed by atoms with Crippen LogP contribution in [0, 0.1) is 22.7 Å². The van der Waals surface area contributed by atoms with Crippen molar-refractivity contribution < 1.29 is 9.47 Å². The van der Waals surface area contributed by atoms with E-state index in [2.05, 4.69) is 12.1 Å². The Kier molecular flexibility index (Phi) is 3.55. The highest BCUT2D eigenvalue weighted by molar-refractivity contribution is 7.26. The third-order valence-electron chi connectivity index (χ3n) is 3.38. The molecule has 23 heavy (non-hydrogen) atoms. The van der Waals surface area contributed by atoms with Gasteiger partial charge in [-0.3, -0.25) is 0 Å². The zero-order valence-electron chi connectivity index (χ0n) is 11.7. The molecule has 0 saturated carbocycles. The number of rotatable bonds is 2. The minimum absolute atomic E-state index is 0.485. The number of nitrogens with zero attached hydrogens (tertiary/aromatic N) is 2. The van der Waals surface area contributed by atoms with Crippen LogP contribution in [0.1, 0.15) is 11.1 Å². The fraction of sp³-hybridized carbons (Fsp3) is 0.125. The van der Waals surface area contributed by atoms with Crippen molar-refractivity contribution in [3.63, 3.8) is 0 Å². The molecular weight excluding hydrogens is 348 g/mol. The topological polar surface area (TPSA) is 66.0 Å². The molecule has 0 radical (unpaired) electrons. The molecule has 0 saturated heterocycles. The van der Waals surface area contributed by atoms with E-state index in [1.165, 1.54) is 34.0 Å². The molecule has 7 heteroatoms. The normalized spacial score (nSPS) is 12.6. The molecule has 3 aromatic rings. The minimum Gasteiger partial charge on any atom is -0.485 e. The first-order chi connectivity index (χ1) is 11.3. The number of fused-ring (bicyclic) bond motifs is 1. The highest BCUT2D eigenvalue weighted by Gasteiger charge is 2.29. The lowest BCUT2D eigenvalue weighted by Gasteiger charge is -2.17. The Morgan fingerprint density at radius 3 is 1.70 bits per heavy atom. The van der Waals surface area contributed by atoms with Crippen LogP contribution >= 0.6 is 34.0 Å². The van der Waals surface area contributed by atoms with Crippen molar-refractivity contribution in [3.8, 4) is 43.1 Å². The molecule has 3 aromatic heterocycles. The lowest BCUT2D eigenvalue weighted by Crippen LogP contribution is -2.14. The van der Waals surface area contributed by atoms with Gasteiger partial charge in [0.2, 0.25) is 0 Å². The van der Waals surface area contributed by atoms with Crippen LogP contribution in [0.3, 0.4) is 0 Å². The summed E-state index contributed by atoms with van der Waals surface area (Å²) in [5, 5.41) is 22.4. The second-order valence-electron chi connectivity index (χ2n) is 4.67. The monoisotopic (exact) mass is 356 g/mol. The largest absolute Gasteiger partial charge is 0.485 e. The predicted molar refractivity (Wildman–Crippen MR) is 91.4 cm³/mol. The number of thiophene rings is 3. The third-order valence-corrected chi connectivity index (χ3v) is 6.69. The number of hydrogen-bond donors (Lipinski definition) is 0. The first kappa shape index (κ1) is 14.3. The summed E-state index contributed by atoms with van der Waals surface area (Å²) in [5.74, 6) is 1.37. The van der Waals surface area contributed by atoms with E-state index in [0.717, 1.165) is 19.5 Å². The predicted octanol–water partition coefficient (Wildman–Crippen LogP) is 4.72. The minimum atomic E-state index is 0.485. The summed E-state index contributed by atoms with van der Waals surface area (Å²) in [7, 11) is 0. The average Bonchev–Trinajstić information content (AvgIpc) is 3.31. The van der Waals surface area contributed by atoms with Gasteiger partial charge in [0.15, 0.2) is 11.5 Å². The zero-order chi connectivity index (χ0) is 15.8. The molecule has 0 bridgehead atoms. The van der Waals surface area contributed by atoms with Crippen molar-refractivity contribution in [1.82, 2.24) is 0 Å².